The van der Waals surface area contributed by atoms with Gasteiger partial charge in [0.15, 0.2) is 6.10 Å². The van der Waals surface area contributed by atoms with E-state index in [1.54, 1.807) is 0 Å². The summed E-state index contributed by atoms with van der Waals surface area (Å²) >= 11 is 1.31. The van der Waals surface area contributed by atoms with E-state index in [4.69, 9.17) is 15.1 Å². The van der Waals surface area contributed by atoms with Gasteiger partial charge in [0.05, 0.1) is 5.56 Å². The van der Waals surface area contributed by atoms with E-state index in [9.17, 15) is 9.59 Å². The number of anilines is 1. The molecule has 1 rings (SSSR count). The highest BCUT2D eigenvalue weighted by Crippen LogP contribution is 2.31. The average Bonchev–Trinajstić information content (AvgIpc) is 2.61. The standard InChI is InChI=1S/C12H14N2O4S/c1-6-8(3)19-11(9(6)4-13)14-10(15)5-18-7(2)12(16)17/h7H,5H2,1-3H3,(H,14,15)(H,16,17)/t7-/m0/s1. The van der Waals surface area contributed by atoms with E-state index < -0.39 is 18.0 Å². The molecule has 0 saturated heterocycles. The Kier molecular flexibility index (Phi) is 5.03. The lowest BCUT2D eigenvalue weighted by Crippen LogP contribution is -2.26. The first kappa shape index (κ1) is 15.1. The van der Waals surface area contributed by atoms with Crippen molar-refractivity contribution in [2.45, 2.75) is 26.9 Å². The monoisotopic (exact) mass is 282 g/mol. The van der Waals surface area contributed by atoms with Crippen LogP contribution in [0.5, 0.6) is 0 Å². The average molecular weight is 282 g/mol. The van der Waals surface area contributed by atoms with Crippen molar-refractivity contribution in [2.75, 3.05) is 11.9 Å². The Morgan fingerprint density at radius 3 is 2.68 bits per heavy atom. The molecule has 1 heterocycles. The second-order valence-corrected chi connectivity index (χ2v) is 5.16. The van der Waals surface area contributed by atoms with Crippen LogP contribution in [0.15, 0.2) is 0 Å². The quantitative estimate of drug-likeness (QED) is 0.855. The summed E-state index contributed by atoms with van der Waals surface area (Å²) in [4.78, 5) is 23.1. The van der Waals surface area contributed by atoms with Crippen molar-refractivity contribution in [3.63, 3.8) is 0 Å². The molecule has 0 radical (unpaired) electrons. The Bertz CT molecular complexity index is 545. The molecule has 102 valence electrons. The van der Waals surface area contributed by atoms with Crippen LogP contribution in [-0.4, -0.2) is 29.7 Å². The number of hydrogen-bond donors (Lipinski definition) is 2. The number of carbonyl (C=O) groups is 2. The zero-order valence-corrected chi connectivity index (χ0v) is 11.6. The summed E-state index contributed by atoms with van der Waals surface area (Å²) < 4.78 is 4.86. The number of carboxylic acid groups (broad SMARTS) is 1. The van der Waals surface area contributed by atoms with Gasteiger partial charge in [0.1, 0.15) is 17.7 Å². The van der Waals surface area contributed by atoms with Crippen molar-refractivity contribution in [2.24, 2.45) is 0 Å². The van der Waals surface area contributed by atoms with Crippen LogP contribution in [-0.2, 0) is 14.3 Å². The Balaban J connectivity index is 2.66. The number of nitrogens with one attached hydrogen (secondary N) is 1. The fourth-order valence-corrected chi connectivity index (χ4v) is 2.31. The fraction of sp³-hybridized carbons (Fsp3) is 0.417. The van der Waals surface area contributed by atoms with Gasteiger partial charge in [0.25, 0.3) is 5.91 Å². The largest absolute Gasteiger partial charge is 0.479 e. The number of hydrogen-bond acceptors (Lipinski definition) is 5. The van der Waals surface area contributed by atoms with E-state index in [-0.39, 0.29) is 6.61 Å². The third-order valence-corrected chi connectivity index (χ3v) is 3.68. The normalized spacial score (nSPS) is 11.7. The van der Waals surface area contributed by atoms with Crippen molar-refractivity contribution in [3.8, 4) is 6.07 Å². The molecule has 1 aromatic heterocycles. The lowest BCUT2D eigenvalue weighted by molar-refractivity contribution is -0.150. The third-order valence-electron chi connectivity index (χ3n) is 2.56. The molecule has 0 fully saturated rings. The van der Waals surface area contributed by atoms with Crippen LogP contribution in [0.4, 0.5) is 5.00 Å². The predicted octanol–water partition coefficient (Wildman–Crippen LogP) is 1.66. The molecule has 1 amide bonds. The van der Waals surface area contributed by atoms with Crippen LogP contribution in [0.25, 0.3) is 0 Å². The highest BCUT2D eigenvalue weighted by Gasteiger charge is 2.17. The molecule has 2 N–H and O–H groups in total. The van der Waals surface area contributed by atoms with Crippen molar-refractivity contribution in [3.05, 3.63) is 16.0 Å². The van der Waals surface area contributed by atoms with Crippen molar-refractivity contribution < 1.29 is 19.4 Å². The Labute approximate surface area is 114 Å². The molecule has 0 saturated carbocycles. The zero-order chi connectivity index (χ0) is 14.6. The van der Waals surface area contributed by atoms with E-state index in [1.807, 2.05) is 19.9 Å². The molecule has 19 heavy (non-hydrogen) atoms. The Morgan fingerprint density at radius 1 is 1.53 bits per heavy atom. The van der Waals surface area contributed by atoms with Gasteiger partial charge in [-0.25, -0.2) is 4.79 Å². The predicted molar refractivity (Wildman–Crippen MR) is 70.2 cm³/mol. The highest BCUT2D eigenvalue weighted by atomic mass is 32.1. The molecule has 0 aliphatic heterocycles. The molecule has 6 nitrogen and oxygen atoms in total. The fourth-order valence-electron chi connectivity index (χ4n) is 1.28. The second kappa shape index (κ2) is 6.31. The summed E-state index contributed by atoms with van der Waals surface area (Å²) in [5.74, 6) is -1.61. The van der Waals surface area contributed by atoms with Gasteiger partial charge in [0, 0.05) is 4.88 Å². The van der Waals surface area contributed by atoms with Gasteiger partial charge in [0.2, 0.25) is 0 Å². The minimum atomic E-state index is -1.13. The molecule has 1 atom stereocenters. The number of thiophene rings is 1. The van der Waals surface area contributed by atoms with Crippen LogP contribution < -0.4 is 5.32 Å². The molecule has 0 unspecified atom stereocenters. The summed E-state index contributed by atoms with van der Waals surface area (Å²) in [7, 11) is 0. The second-order valence-electron chi connectivity index (χ2n) is 3.94. The number of carbonyl (C=O) groups excluding carboxylic acids is 1. The molecule has 0 aromatic carbocycles. The van der Waals surface area contributed by atoms with E-state index in [1.165, 1.54) is 18.3 Å². The number of aliphatic carboxylic acids is 1. The van der Waals surface area contributed by atoms with Gasteiger partial charge >= 0.3 is 5.97 Å². The maximum absolute atomic E-state index is 11.6. The lowest BCUT2D eigenvalue weighted by Gasteiger charge is -2.08. The van der Waals surface area contributed by atoms with E-state index >= 15 is 0 Å². The van der Waals surface area contributed by atoms with E-state index in [0.29, 0.717) is 10.6 Å². The van der Waals surface area contributed by atoms with Gasteiger partial charge in [-0.15, -0.1) is 11.3 Å². The zero-order valence-electron chi connectivity index (χ0n) is 10.8. The number of nitriles is 1. The number of ether oxygens (including phenoxy) is 1. The summed E-state index contributed by atoms with van der Waals surface area (Å²) in [6, 6.07) is 2.03. The first-order valence-electron chi connectivity index (χ1n) is 5.51. The minimum absolute atomic E-state index is 0.367. The highest BCUT2D eigenvalue weighted by molar-refractivity contribution is 7.16. The minimum Gasteiger partial charge on any atom is -0.479 e. The summed E-state index contributed by atoms with van der Waals surface area (Å²) in [6.45, 7) is 4.65. The molecule has 1 aromatic rings. The summed E-state index contributed by atoms with van der Waals surface area (Å²) in [5, 5.41) is 20.6. The summed E-state index contributed by atoms with van der Waals surface area (Å²) in [6.07, 6.45) is -1.05. The van der Waals surface area contributed by atoms with Gasteiger partial charge in [-0.2, -0.15) is 5.26 Å². The number of aryl methyl sites for hydroxylation is 1. The molecular weight excluding hydrogens is 268 g/mol. The van der Waals surface area contributed by atoms with Gasteiger partial charge < -0.3 is 15.2 Å². The van der Waals surface area contributed by atoms with Crippen LogP contribution in [0, 0.1) is 25.2 Å². The maximum atomic E-state index is 11.6. The number of amides is 1. The molecule has 0 spiro atoms. The van der Waals surface area contributed by atoms with Crippen molar-refractivity contribution >= 4 is 28.2 Å². The van der Waals surface area contributed by atoms with Gasteiger partial charge in [-0.1, -0.05) is 0 Å². The molecular formula is C12H14N2O4S. The Hall–Kier alpha value is -1.91. The van der Waals surface area contributed by atoms with Gasteiger partial charge in [-0.3, -0.25) is 4.79 Å². The third kappa shape index (κ3) is 3.77. The molecule has 0 aliphatic rings. The first-order chi connectivity index (χ1) is 8.86. The molecule has 0 bridgehead atoms. The number of nitrogens with zero attached hydrogens (tertiary/aromatic N) is 1. The lowest BCUT2D eigenvalue weighted by atomic mass is 10.2. The number of carboxylic acids is 1. The molecule has 0 aliphatic carbocycles. The first-order valence-corrected chi connectivity index (χ1v) is 6.32. The summed E-state index contributed by atoms with van der Waals surface area (Å²) in [5.41, 5.74) is 1.27. The Morgan fingerprint density at radius 2 is 2.16 bits per heavy atom. The maximum Gasteiger partial charge on any atom is 0.332 e. The topological polar surface area (TPSA) is 99.4 Å². The van der Waals surface area contributed by atoms with Crippen LogP contribution in [0.2, 0.25) is 0 Å². The van der Waals surface area contributed by atoms with Crippen LogP contribution in [0.3, 0.4) is 0 Å². The smallest absolute Gasteiger partial charge is 0.332 e. The van der Waals surface area contributed by atoms with Crippen LogP contribution in [0.1, 0.15) is 22.9 Å². The van der Waals surface area contributed by atoms with E-state index in [0.717, 1.165) is 10.4 Å². The SMILES string of the molecule is Cc1sc(NC(=O)CO[C@@H](C)C(=O)O)c(C#N)c1C. The van der Waals surface area contributed by atoms with E-state index in [2.05, 4.69) is 5.32 Å². The van der Waals surface area contributed by atoms with Crippen molar-refractivity contribution in [1.29, 1.82) is 5.26 Å². The number of rotatable bonds is 5. The molecule has 7 heteroatoms. The van der Waals surface area contributed by atoms with Gasteiger partial charge in [-0.05, 0) is 26.3 Å². The van der Waals surface area contributed by atoms with Crippen molar-refractivity contribution in [1.82, 2.24) is 0 Å². The van der Waals surface area contributed by atoms with Crippen LogP contribution >= 0.6 is 11.3 Å².